The summed E-state index contributed by atoms with van der Waals surface area (Å²) < 4.78 is 0. The summed E-state index contributed by atoms with van der Waals surface area (Å²) in [6, 6.07) is 9.88. The first-order chi connectivity index (χ1) is 10.3. The van der Waals surface area contributed by atoms with E-state index in [1.165, 1.54) is 0 Å². The molecule has 1 amide bonds. The van der Waals surface area contributed by atoms with E-state index in [9.17, 15) is 4.79 Å². The Kier molecular flexibility index (Phi) is 4.75. The Labute approximate surface area is 131 Å². The van der Waals surface area contributed by atoms with Gasteiger partial charge < -0.3 is 10.2 Å². The van der Waals surface area contributed by atoms with E-state index < -0.39 is 0 Å². The van der Waals surface area contributed by atoms with Gasteiger partial charge in [-0.15, -0.1) is 0 Å². The highest BCUT2D eigenvalue weighted by Gasteiger charge is 2.15. The smallest absolute Gasteiger partial charge is 0.257 e. The van der Waals surface area contributed by atoms with Gasteiger partial charge in [0.25, 0.3) is 5.91 Å². The highest BCUT2D eigenvalue weighted by atomic mass is 16.2. The van der Waals surface area contributed by atoms with Gasteiger partial charge in [0.05, 0.1) is 5.56 Å². The maximum atomic E-state index is 12.4. The summed E-state index contributed by atoms with van der Waals surface area (Å²) in [5.74, 6) is 0.431. The SMILES string of the molecule is CN(Cc1ccccc1)C(=O)c1cnc(NC(C)(C)C)nc1. The first-order valence-corrected chi connectivity index (χ1v) is 7.25. The Morgan fingerprint density at radius 3 is 2.27 bits per heavy atom. The van der Waals surface area contributed by atoms with E-state index in [1.54, 1.807) is 24.3 Å². The van der Waals surface area contributed by atoms with E-state index in [0.29, 0.717) is 18.1 Å². The fraction of sp³-hybridized carbons (Fsp3) is 0.353. The lowest BCUT2D eigenvalue weighted by atomic mass is 10.1. The van der Waals surface area contributed by atoms with Crippen molar-refractivity contribution in [3.8, 4) is 0 Å². The predicted octanol–water partition coefficient (Wildman–Crippen LogP) is 2.96. The molecule has 0 fully saturated rings. The number of benzene rings is 1. The van der Waals surface area contributed by atoms with E-state index in [0.717, 1.165) is 5.56 Å². The van der Waals surface area contributed by atoms with Crippen LogP contribution in [0, 0.1) is 0 Å². The van der Waals surface area contributed by atoms with Crippen LogP contribution in [-0.4, -0.2) is 33.4 Å². The van der Waals surface area contributed by atoms with Crippen molar-refractivity contribution in [2.24, 2.45) is 0 Å². The molecule has 0 unspecified atom stereocenters. The number of nitrogens with zero attached hydrogens (tertiary/aromatic N) is 3. The third kappa shape index (κ3) is 4.55. The maximum Gasteiger partial charge on any atom is 0.257 e. The Morgan fingerprint density at radius 2 is 1.73 bits per heavy atom. The van der Waals surface area contributed by atoms with Gasteiger partial charge in [-0.05, 0) is 26.3 Å². The second-order valence-electron chi connectivity index (χ2n) is 6.32. The fourth-order valence-electron chi connectivity index (χ4n) is 1.99. The van der Waals surface area contributed by atoms with Crippen LogP contribution in [0.1, 0.15) is 36.7 Å². The number of amides is 1. The molecular formula is C17H22N4O. The number of aromatic nitrogens is 2. The number of rotatable bonds is 4. The van der Waals surface area contributed by atoms with Crippen LogP contribution in [0.4, 0.5) is 5.95 Å². The van der Waals surface area contributed by atoms with Crippen LogP contribution in [0.3, 0.4) is 0 Å². The topological polar surface area (TPSA) is 58.1 Å². The Morgan fingerprint density at radius 1 is 1.14 bits per heavy atom. The zero-order valence-electron chi connectivity index (χ0n) is 13.5. The molecule has 0 spiro atoms. The van der Waals surface area contributed by atoms with Crippen LogP contribution in [-0.2, 0) is 6.54 Å². The highest BCUT2D eigenvalue weighted by Crippen LogP contribution is 2.11. The average Bonchev–Trinajstić information content (AvgIpc) is 2.46. The quantitative estimate of drug-likeness (QED) is 0.943. The molecule has 1 aromatic heterocycles. The summed E-state index contributed by atoms with van der Waals surface area (Å²) in [6.07, 6.45) is 3.12. The van der Waals surface area contributed by atoms with E-state index >= 15 is 0 Å². The zero-order valence-corrected chi connectivity index (χ0v) is 13.5. The largest absolute Gasteiger partial charge is 0.350 e. The third-order valence-corrected chi connectivity index (χ3v) is 2.99. The van der Waals surface area contributed by atoms with Crippen molar-refractivity contribution >= 4 is 11.9 Å². The maximum absolute atomic E-state index is 12.4. The van der Waals surface area contributed by atoms with Crippen LogP contribution >= 0.6 is 0 Å². The summed E-state index contributed by atoms with van der Waals surface area (Å²) in [5.41, 5.74) is 1.46. The lowest BCUT2D eigenvalue weighted by Crippen LogP contribution is -2.28. The van der Waals surface area contributed by atoms with Gasteiger partial charge in [-0.3, -0.25) is 4.79 Å². The molecule has 0 aliphatic heterocycles. The molecule has 5 heteroatoms. The average molecular weight is 298 g/mol. The van der Waals surface area contributed by atoms with Crippen LogP contribution in [0.15, 0.2) is 42.7 Å². The standard InChI is InChI=1S/C17H22N4O/c1-17(2,3)20-16-18-10-14(11-19-16)15(22)21(4)12-13-8-6-5-7-9-13/h5-11H,12H2,1-4H3,(H,18,19,20). The molecule has 116 valence electrons. The second kappa shape index (κ2) is 6.56. The highest BCUT2D eigenvalue weighted by molar-refractivity contribution is 5.93. The van der Waals surface area contributed by atoms with Gasteiger partial charge in [0.2, 0.25) is 5.95 Å². The molecule has 0 bridgehead atoms. The van der Waals surface area contributed by atoms with Crippen LogP contribution in [0.25, 0.3) is 0 Å². The Hall–Kier alpha value is -2.43. The van der Waals surface area contributed by atoms with Crippen molar-refractivity contribution in [3.63, 3.8) is 0 Å². The predicted molar refractivity (Wildman–Crippen MR) is 87.6 cm³/mol. The number of carbonyl (C=O) groups is 1. The lowest BCUT2D eigenvalue weighted by molar-refractivity contribution is 0.0784. The number of hydrogen-bond donors (Lipinski definition) is 1. The number of anilines is 1. The van der Waals surface area contributed by atoms with Crippen molar-refractivity contribution < 1.29 is 4.79 Å². The molecule has 22 heavy (non-hydrogen) atoms. The molecule has 0 aliphatic rings. The van der Waals surface area contributed by atoms with E-state index in [2.05, 4.69) is 15.3 Å². The molecule has 1 heterocycles. The summed E-state index contributed by atoms with van der Waals surface area (Å²) in [5, 5.41) is 3.17. The monoisotopic (exact) mass is 298 g/mol. The Bertz CT molecular complexity index is 617. The molecule has 2 rings (SSSR count). The summed E-state index contributed by atoms with van der Waals surface area (Å²) >= 11 is 0. The fourth-order valence-corrected chi connectivity index (χ4v) is 1.99. The number of hydrogen-bond acceptors (Lipinski definition) is 4. The van der Waals surface area contributed by atoms with E-state index in [-0.39, 0.29) is 11.4 Å². The minimum atomic E-state index is -0.115. The van der Waals surface area contributed by atoms with Gasteiger partial charge in [0, 0.05) is 31.5 Å². The van der Waals surface area contributed by atoms with Crippen LogP contribution in [0.5, 0.6) is 0 Å². The normalized spacial score (nSPS) is 11.1. The zero-order chi connectivity index (χ0) is 16.2. The van der Waals surface area contributed by atoms with Crippen molar-refractivity contribution in [2.45, 2.75) is 32.9 Å². The molecule has 0 saturated carbocycles. The van der Waals surface area contributed by atoms with Gasteiger partial charge >= 0.3 is 0 Å². The van der Waals surface area contributed by atoms with E-state index in [1.807, 2.05) is 51.1 Å². The van der Waals surface area contributed by atoms with Gasteiger partial charge in [0.1, 0.15) is 0 Å². The van der Waals surface area contributed by atoms with Crippen molar-refractivity contribution in [2.75, 3.05) is 12.4 Å². The molecule has 5 nitrogen and oxygen atoms in total. The third-order valence-electron chi connectivity index (χ3n) is 2.99. The first kappa shape index (κ1) is 15.9. The van der Waals surface area contributed by atoms with Gasteiger partial charge in [-0.2, -0.15) is 0 Å². The van der Waals surface area contributed by atoms with Crippen molar-refractivity contribution in [3.05, 3.63) is 53.9 Å². The van der Waals surface area contributed by atoms with Crippen molar-refractivity contribution in [1.29, 1.82) is 0 Å². The molecule has 0 atom stereocenters. The van der Waals surface area contributed by atoms with E-state index in [4.69, 9.17) is 0 Å². The lowest BCUT2D eigenvalue weighted by Gasteiger charge is -2.20. The number of nitrogens with one attached hydrogen (secondary N) is 1. The Balaban J connectivity index is 2.03. The van der Waals surface area contributed by atoms with Gasteiger partial charge in [-0.25, -0.2) is 9.97 Å². The first-order valence-electron chi connectivity index (χ1n) is 7.25. The van der Waals surface area contributed by atoms with Crippen molar-refractivity contribution in [1.82, 2.24) is 14.9 Å². The second-order valence-corrected chi connectivity index (χ2v) is 6.32. The number of carbonyl (C=O) groups excluding carboxylic acids is 1. The van der Waals surface area contributed by atoms with Gasteiger partial charge in [0.15, 0.2) is 0 Å². The molecule has 1 aromatic carbocycles. The molecular weight excluding hydrogens is 276 g/mol. The summed E-state index contributed by atoms with van der Waals surface area (Å²) in [7, 11) is 1.77. The van der Waals surface area contributed by atoms with Gasteiger partial charge in [-0.1, -0.05) is 30.3 Å². The molecule has 0 radical (unpaired) electrons. The summed E-state index contributed by atoms with van der Waals surface area (Å²) in [4.78, 5) is 22.4. The van der Waals surface area contributed by atoms with Crippen LogP contribution < -0.4 is 5.32 Å². The van der Waals surface area contributed by atoms with Crippen LogP contribution in [0.2, 0.25) is 0 Å². The molecule has 0 aliphatic carbocycles. The molecule has 1 N–H and O–H groups in total. The molecule has 0 saturated heterocycles. The minimum Gasteiger partial charge on any atom is -0.350 e. The molecule has 2 aromatic rings. The minimum absolute atomic E-state index is 0.0915. The summed E-state index contributed by atoms with van der Waals surface area (Å²) in [6.45, 7) is 6.65.